The van der Waals surface area contributed by atoms with Crippen molar-refractivity contribution in [2.45, 2.75) is 38.9 Å². The van der Waals surface area contributed by atoms with Gasteiger partial charge in [0.15, 0.2) is 0 Å². The zero-order valence-electron chi connectivity index (χ0n) is 11.0. The van der Waals surface area contributed by atoms with Crippen molar-refractivity contribution in [2.75, 3.05) is 19.8 Å². The Labute approximate surface area is 112 Å². The Hall–Kier alpha value is 0.0469. The normalized spacial score (nSPS) is 12.6. The summed E-state index contributed by atoms with van der Waals surface area (Å²) in [6.07, 6.45) is 0. The van der Waals surface area contributed by atoms with E-state index in [1.165, 1.54) is 0 Å². The summed E-state index contributed by atoms with van der Waals surface area (Å²) in [6, 6.07) is 0. The van der Waals surface area contributed by atoms with Gasteiger partial charge in [0, 0.05) is 19.8 Å². The summed E-state index contributed by atoms with van der Waals surface area (Å²) in [7, 11) is -3.35. The molecule has 0 aliphatic rings. The molecule has 0 saturated carbocycles. The Kier molecular flexibility index (Phi) is 7.50. The van der Waals surface area contributed by atoms with Crippen molar-refractivity contribution < 1.29 is 22.5 Å². The van der Waals surface area contributed by atoms with Gasteiger partial charge in [-0.2, -0.15) is 0 Å². The number of alkyl halides is 1. The summed E-state index contributed by atoms with van der Waals surface area (Å²) in [5, 5.41) is 0. The lowest BCUT2D eigenvalue weighted by molar-refractivity contribution is -0.146. The molecule has 0 saturated heterocycles. The number of carbonyl (C=O) groups excluding carboxylic acids is 1. The zero-order chi connectivity index (χ0) is 13.5. The molecule has 0 unspecified atom stereocenters. The topological polar surface area (TPSA) is 54.0 Å². The second-order valence-electron chi connectivity index (χ2n) is 3.66. The molecule has 0 aromatic heterocycles. The number of rotatable bonds is 8. The molecule has 0 heterocycles. The number of carbonyl (C=O) groups is 1. The minimum Gasteiger partial charge on any atom is -0.451 e. The second-order valence-corrected chi connectivity index (χ2v) is 7.71. The summed E-state index contributed by atoms with van der Waals surface area (Å²) in [5.74, 6) is -0.459. The van der Waals surface area contributed by atoms with Crippen LogP contribution in [0.1, 0.15) is 34.6 Å². The van der Waals surface area contributed by atoms with E-state index in [2.05, 4.69) is 15.9 Å². The molecule has 0 N–H and O–H groups in total. The van der Waals surface area contributed by atoms with Gasteiger partial charge in [-0.3, -0.25) is 4.79 Å². The van der Waals surface area contributed by atoms with Crippen LogP contribution in [0.3, 0.4) is 0 Å². The smallest absolute Gasteiger partial charge is 0.451 e. The van der Waals surface area contributed by atoms with Crippen LogP contribution in [-0.2, 0) is 22.5 Å². The first-order valence-electron chi connectivity index (χ1n) is 5.65. The highest BCUT2D eigenvalue weighted by atomic mass is 79.9. The Morgan fingerprint density at radius 1 is 1.06 bits per heavy atom. The van der Waals surface area contributed by atoms with E-state index >= 15 is 0 Å². The van der Waals surface area contributed by atoms with E-state index in [0.29, 0.717) is 19.8 Å². The third kappa shape index (κ3) is 5.96. The summed E-state index contributed by atoms with van der Waals surface area (Å²) in [6.45, 7) is 9.87. The Morgan fingerprint density at radius 2 is 1.41 bits per heavy atom. The molecule has 0 bridgehead atoms. The average molecular weight is 329 g/mol. The molecule has 0 amide bonds. The molecule has 0 aliphatic heterocycles. The minimum absolute atomic E-state index is 0.363. The fourth-order valence-corrected chi connectivity index (χ4v) is 3.18. The lowest BCUT2D eigenvalue weighted by Gasteiger charge is -2.28. The quantitative estimate of drug-likeness (QED) is 0.505. The van der Waals surface area contributed by atoms with Gasteiger partial charge in [0.05, 0.1) is 0 Å². The Morgan fingerprint density at radius 3 is 1.65 bits per heavy atom. The Balaban J connectivity index is 4.82. The highest BCUT2D eigenvalue weighted by molar-refractivity contribution is 9.10. The predicted octanol–water partition coefficient (Wildman–Crippen LogP) is 2.25. The number of hydrogen-bond acceptors (Lipinski definition) is 5. The molecule has 7 heteroatoms. The first-order valence-corrected chi connectivity index (χ1v) is 8.08. The van der Waals surface area contributed by atoms with Crippen LogP contribution in [0.2, 0.25) is 0 Å². The van der Waals surface area contributed by atoms with E-state index in [0.717, 1.165) is 0 Å². The summed E-state index contributed by atoms with van der Waals surface area (Å²) >= 11 is 3.23. The highest BCUT2D eigenvalue weighted by Gasteiger charge is 2.51. The van der Waals surface area contributed by atoms with Crippen LogP contribution in [0, 0.1) is 0 Å². The van der Waals surface area contributed by atoms with Gasteiger partial charge in [0.1, 0.15) is 4.32 Å². The molecule has 0 rings (SSSR count). The molecule has 5 nitrogen and oxygen atoms in total. The monoisotopic (exact) mass is 328 g/mol. The Bertz CT molecular complexity index is 224. The van der Waals surface area contributed by atoms with Crippen molar-refractivity contribution >= 4 is 30.9 Å². The minimum atomic E-state index is -3.35. The van der Waals surface area contributed by atoms with Crippen molar-refractivity contribution in [2.24, 2.45) is 0 Å². The third-order valence-corrected chi connectivity index (χ3v) is 4.35. The van der Waals surface area contributed by atoms with E-state index in [-0.39, 0.29) is 0 Å². The van der Waals surface area contributed by atoms with Crippen molar-refractivity contribution in [1.82, 2.24) is 0 Å². The molecular weight excluding hydrogens is 308 g/mol. The van der Waals surface area contributed by atoms with Gasteiger partial charge in [-0.1, -0.05) is 15.9 Å². The first-order chi connectivity index (χ1) is 7.81. The molecule has 0 spiro atoms. The highest BCUT2D eigenvalue weighted by Crippen LogP contribution is 2.22. The molecule has 0 aromatic carbocycles. The van der Waals surface area contributed by atoms with Gasteiger partial charge in [-0.05, 0) is 34.6 Å². The van der Waals surface area contributed by atoms with Crippen LogP contribution in [0.25, 0.3) is 0 Å². The van der Waals surface area contributed by atoms with Crippen LogP contribution in [0.15, 0.2) is 0 Å². The lowest BCUT2D eigenvalue weighted by atomic mass is 10.2. The molecule has 0 radical (unpaired) electrons. The number of halogens is 1. The van der Waals surface area contributed by atoms with Crippen LogP contribution < -0.4 is 0 Å². The largest absolute Gasteiger partial charge is 0.751 e. The molecule has 102 valence electrons. The van der Waals surface area contributed by atoms with Crippen LogP contribution in [0.5, 0.6) is 0 Å². The third-order valence-electron chi connectivity index (χ3n) is 1.67. The van der Waals surface area contributed by atoms with E-state index < -0.39 is 19.3 Å². The predicted molar refractivity (Wildman–Crippen MR) is 69.7 cm³/mol. The van der Waals surface area contributed by atoms with Gasteiger partial charge < -0.3 is 17.7 Å². The van der Waals surface area contributed by atoms with Crippen LogP contribution in [0.4, 0.5) is 0 Å². The van der Waals surface area contributed by atoms with E-state index in [9.17, 15) is 4.79 Å². The lowest BCUT2D eigenvalue weighted by Crippen LogP contribution is -2.52. The SMILES string of the molecule is CCO[Si](OCC)(OCC)OC(=O)C(C)(C)Br. The second kappa shape index (κ2) is 7.47. The van der Waals surface area contributed by atoms with E-state index in [4.69, 9.17) is 17.7 Å². The van der Waals surface area contributed by atoms with Crippen molar-refractivity contribution in [3.05, 3.63) is 0 Å². The standard InChI is InChI=1S/C10H21BrO5Si/c1-6-13-17(14-7-2,15-8-3)16-9(12)10(4,5)11/h6-8H2,1-5H3. The maximum atomic E-state index is 11.8. The fraction of sp³-hybridized carbons (Fsp3) is 0.900. The van der Waals surface area contributed by atoms with Crippen molar-refractivity contribution in [1.29, 1.82) is 0 Å². The van der Waals surface area contributed by atoms with Gasteiger partial charge in [0.25, 0.3) is 0 Å². The molecule has 0 atom stereocenters. The van der Waals surface area contributed by atoms with Gasteiger partial charge in [-0.15, -0.1) is 0 Å². The van der Waals surface area contributed by atoms with Crippen LogP contribution >= 0.6 is 15.9 Å². The van der Waals surface area contributed by atoms with Gasteiger partial charge in [-0.25, -0.2) is 0 Å². The first kappa shape index (κ1) is 17.0. The zero-order valence-corrected chi connectivity index (χ0v) is 13.6. The summed E-state index contributed by atoms with van der Waals surface area (Å²) in [5.41, 5.74) is 0. The maximum absolute atomic E-state index is 11.8. The van der Waals surface area contributed by atoms with E-state index in [1.807, 2.05) is 0 Å². The van der Waals surface area contributed by atoms with Crippen molar-refractivity contribution in [3.8, 4) is 0 Å². The van der Waals surface area contributed by atoms with Crippen LogP contribution in [-0.4, -0.2) is 39.2 Å². The van der Waals surface area contributed by atoms with E-state index in [1.54, 1.807) is 34.6 Å². The maximum Gasteiger partial charge on any atom is 0.751 e. The summed E-state index contributed by atoms with van der Waals surface area (Å²) in [4.78, 5) is 11.8. The summed E-state index contributed by atoms with van der Waals surface area (Å²) < 4.78 is 20.7. The fourth-order valence-electron chi connectivity index (χ4n) is 0.979. The van der Waals surface area contributed by atoms with Gasteiger partial charge in [0.2, 0.25) is 0 Å². The molecular formula is C10H21BrO5Si. The van der Waals surface area contributed by atoms with Crippen molar-refractivity contribution in [3.63, 3.8) is 0 Å². The number of hydrogen-bond donors (Lipinski definition) is 0. The average Bonchev–Trinajstić information content (AvgIpc) is 2.17. The molecule has 0 aromatic rings. The molecule has 0 fully saturated rings. The molecule has 17 heavy (non-hydrogen) atoms. The van der Waals surface area contributed by atoms with Gasteiger partial charge >= 0.3 is 15.0 Å². The molecule has 0 aliphatic carbocycles.